The van der Waals surface area contributed by atoms with E-state index in [0.717, 1.165) is 6.20 Å². The summed E-state index contributed by atoms with van der Waals surface area (Å²) in [6.07, 6.45) is 5.32. The first-order chi connectivity index (χ1) is 13.7. The van der Waals surface area contributed by atoms with Crippen LogP contribution in [0.15, 0.2) is 34.6 Å². The quantitative estimate of drug-likeness (QED) is 0.538. The van der Waals surface area contributed by atoms with Crippen molar-refractivity contribution in [3.63, 3.8) is 0 Å². The maximum Gasteiger partial charge on any atom is 0.306 e. The number of piperidine rings is 1. The Bertz CT molecular complexity index is 914. The lowest BCUT2D eigenvalue weighted by atomic mass is 9.85. The number of hydrogen-bond donors (Lipinski definition) is 1. The average Bonchev–Trinajstić information content (AvgIpc) is 2.61. The standard InChI is InChI=1S/C19H23ClFN3O4S/c1-12-11-24(29(27,28)17-6-14(7-17)19(25)26)5-4-13(12)8-18(20)23-10-16-3-2-15(21)9-22-16/h2-3,8-10,12-14,17H,4-7,11H2,1H3,(H,25,26)/t12-,13-,14?,17?/m0/s1. The Hall–Kier alpha value is -1.84. The van der Waals surface area contributed by atoms with Crippen molar-refractivity contribution in [2.24, 2.45) is 22.7 Å². The van der Waals surface area contributed by atoms with Crippen LogP contribution in [-0.2, 0) is 14.8 Å². The van der Waals surface area contributed by atoms with E-state index in [1.165, 1.54) is 22.7 Å². The van der Waals surface area contributed by atoms with Gasteiger partial charge in [0.1, 0.15) is 11.0 Å². The molecule has 1 aliphatic carbocycles. The van der Waals surface area contributed by atoms with Crippen LogP contribution in [-0.4, -0.2) is 53.3 Å². The molecule has 2 aliphatic rings. The lowest BCUT2D eigenvalue weighted by Gasteiger charge is -2.40. The van der Waals surface area contributed by atoms with E-state index in [1.54, 1.807) is 6.08 Å². The molecule has 0 amide bonds. The van der Waals surface area contributed by atoms with E-state index in [2.05, 4.69) is 9.98 Å². The van der Waals surface area contributed by atoms with Crippen LogP contribution in [0.3, 0.4) is 0 Å². The summed E-state index contributed by atoms with van der Waals surface area (Å²) in [7, 11) is -3.48. The van der Waals surface area contributed by atoms with Gasteiger partial charge in [0.2, 0.25) is 10.0 Å². The summed E-state index contributed by atoms with van der Waals surface area (Å²) < 4.78 is 39.8. The largest absolute Gasteiger partial charge is 0.481 e. The molecule has 0 unspecified atom stereocenters. The highest BCUT2D eigenvalue weighted by molar-refractivity contribution is 7.89. The van der Waals surface area contributed by atoms with E-state index in [0.29, 0.717) is 25.2 Å². The zero-order valence-corrected chi connectivity index (χ0v) is 17.5. The van der Waals surface area contributed by atoms with Crippen molar-refractivity contribution in [3.8, 4) is 0 Å². The smallest absolute Gasteiger partial charge is 0.306 e. The van der Waals surface area contributed by atoms with E-state index >= 15 is 0 Å². The lowest BCUT2D eigenvalue weighted by Crippen LogP contribution is -2.50. The summed E-state index contributed by atoms with van der Waals surface area (Å²) in [6.45, 7) is 2.69. The number of pyridine rings is 1. The van der Waals surface area contributed by atoms with Crippen LogP contribution in [0, 0.1) is 23.6 Å². The van der Waals surface area contributed by atoms with Gasteiger partial charge >= 0.3 is 5.97 Å². The third-order valence-electron chi connectivity index (χ3n) is 5.58. The monoisotopic (exact) mass is 443 g/mol. The van der Waals surface area contributed by atoms with Gasteiger partial charge < -0.3 is 5.11 Å². The van der Waals surface area contributed by atoms with Gasteiger partial charge in [0.05, 0.1) is 29.3 Å². The Morgan fingerprint density at radius 3 is 2.72 bits per heavy atom. The van der Waals surface area contributed by atoms with E-state index < -0.39 is 33.0 Å². The first kappa shape index (κ1) is 21.9. The van der Waals surface area contributed by atoms with Crippen LogP contribution >= 0.6 is 11.6 Å². The van der Waals surface area contributed by atoms with Gasteiger partial charge in [0.25, 0.3) is 0 Å². The van der Waals surface area contributed by atoms with Gasteiger partial charge in [-0.05, 0) is 49.3 Å². The minimum atomic E-state index is -3.48. The molecule has 0 aromatic carbocycles. The normalized spacial score (nSPS) is 29.0. The minimum Gasteiger partial charge on any atom is -0.481 e. The summed E-state index contributed by atoms with van der Waals surface area (Å²) in [5.74, 6) is -1.80. The van der Waals surface area contributed by atoms with Gasteiger partial charge in [-0.3, -0.25) is 9.78 Å². The molecular weight excluding hydrogens is 421 g/mol. The van der Waals surface area contributed by atoms with E-state index in [-0.39, 0.29) is 29.8 Å². The Kier molecular flexibility index (Phi) is 6.70. The van der Waals surface area contributed by atoms with Crippen LogP contribution in [0.2, 0.25) is 0 Å². The van der Waals surface area contributed by atoms with Crippen LogP contribution in [0.1, 0.15) is 31.9 Å². The number of halogens is 2. The summed E-state index contributed by atoms with van der Waals surface area (Å²) >= 11 is 6.19. The van der Waals surface area contributed by atoms with Gasteiger partial charge in [0.15, 0.2) is 0 Å². The van der Waals surface area contributed by atoms with Crippen molar-refractivity contribution in [2.45, 2.75) is 31.4 Å². The number of sulfonamides is 1. The second-order valence-corrected chi connectivity index (χ2v) is 10.2. The number of rotatable bonds is 6. The maximum absolute atomic E-state index is 12.9. The second-order valence-electron chi connectivity index (χ2n) is 7.61. The summed E-state index contributed by atoms with van der Waals surface area (Å²) in [4.78, 5) is 18.9. The molecule has 2 fully saturated rings. The molecule has 1 aromatic heterocycles. The minimum absolute atomic E-state index is 0.0433. The molecule has 1 saturated heterocycles. The van der Waals surface area contributed by atoms with Gasteiger partial charge in [-0.15, -0.1) is 0 Å². The average molecular weight is 444 g/mol. The molecule has 1 N–H and O–H groups in total. The Balaban J connectivity index is 1.57. The summed E-state index contributed by atoms with van der Waals surface area (Å²) in [6, 6.07) is 2.77. The Morgan fingerprint density at radius 2 is 2.14 bits per heavy atom. The highest BCUT2D eigenvalue weighted by Crippen LogP contribution is 2.37. The van der Waals surface area contributed by atoms with Gasteiger partial charge in [-0.1, -0.05) is 18.5 Å². The molecule has 3 rings (SSSR count). The number of allylic oxidation sites excluding steroid dienone is 1. The summed E-state index contributed by atoms with van der Waals surface area (Å²) in [5, 5.41) is 8.63. The SMILES string of the molecule is C[C@H]1CN(S(=O)(=O)C2CC(C(=O)O)C2)CC[C@H]1C=C(Cl)N=Cc1ccc(F)cn1. The lowest BCUT2D eigenvalue weighted by molar-refractivity contribution is -0.144. The van der Waals surface area contributed by atoms with Gasteiger partial charge in [0, 0.05) is 13.1 Å². The van der Waals surface area contributed by atoms with Crippen LogP contribution in [0.4, 0.5) is 4.39 Å². The van der Waals surface area contributed by atoms with E-state index in [9.17, 15) is 17.6 Å². The Morgan fingerprint density at radius 1 is 1.41 bits per heavy atom. The van der Waals surface area contributed by atoms with Crippen molar-refractivity contribution < 1.29 is 22.7 Å². The van der Waals surface area contributed by atoms with Crippen molar-refractivity contribution >= 4 is 33.8 Å². The number of carbonyl (C=O) groups is 1. The van der Waals surface area contributed by atoms with Gasteiger partial charge in [-0.2, -0.15) is 0 Å². The molecule has 1 aliphatic heterocycles. The molecule has 29 heavy (non-hydrogen) atoms. The number of carboxylic acid groups (broad SMARTS) is 1. The molecule has 0 radical (unpaired) electrons. The molecule has 1 saturated carbocycles. The van der Waals surface area contributed by atoms with Crippen molar-refractivity contribution in [2.75, 3.05) is 13.1 Å². The second kappa shape index (κ2) is 8.89. The molecule has 0 spiro atoms. The van der Waals surface area contributed by atoms with Crippen LogP contribution < -0.4 is 0 Å². The number of carboxylic acids is 1. The first-order valence-electron chi connectivity index (χ1n) is 9.41. The number of aliphatic imine (C=N–C) groups is 1. The van der Waals surface area contributed by atoms with Crippen LogP contribution in [0.25, 0.3) is 0 Å². The summed E-state index contributed by atoms with van der Waals surface area (Å²) in [5.41, 5.74) is 0.479. The molecule has 10 heteroatoms. The third-order valence-corrected chi connectivity index (χ3v) is 8.08. The van der Waals surface area contributed by atoms with E-state index in [4.69, 9.17) is 16.7 Å². The topological polar surface area (TPSA) is 99.9 Å². The maximum atomic E-state index is 12.9. The molecule has 158 valence electrons. The number of aromatic nitrogens is 1. The third kappa shape index (κ3) is 5.21. The molecule has 2 atom stereocenters. The number of nitrogens with zero attached hydrogens (tertiary/aromatic N) is 3. The van der Waals surface area contributed by atoms with Gasteiger partial charge in [-0.25, -0.2) is 22.1 Å². The predicted octanol–water partition coefficient (Wildman–Crippen LogP) is 2.87. The first-order valence-corrected chi connectivity index (χ1v) is 11.3. The number of hydrogen-bond acceptors (Lipinski definition) is 5. The molecule has 2 heterocycles. The Labute approximate surface area is 174 Å². The highest BCUT2D eigenvalue weighted by Gasteiger charge is 2.46. The van der Waals surface area contributed by atoms with Crippen molar-refractivity contribution in [1.82, 2.24) is 9.29 Å². The van der Waals surface area contributed by atoms with Crippen molar-refractivity contribution in [1.29, 1.82) is 0 Å². The molecule has 1 aromatic rings. The zero-order valence-electron chi connectivity index (χ0n) is 15.9. The number of aliphatic carboxylic acids is 1. The van der Waals surface area contributed by atoms with Crippen LogP contribution in [0.5, 0.6) is 0 Å². The molecular formula is C19H23ClFN3O4S. The molecule has 7 nitrogen and oxygen atoms in total. The fraction of sp³-hybridized carbons (Fsp3) is 0.526. The predicted molar refractivity (Wildman–Crippen MR) is 108 cm³/mol. The fourth-order valence-corrected chi connectivity index (χ4v) is 6.02. The highest BCUT2D eigenvalue weighted by atomic mass is 35.5. The molecule has 0 bridgehead atoms. The van der Waals surface area contributed by atoms with E-state index in [1.807, 2.05) is 6.92 Å². The zero-order chi connectivity index (χ0) is 21.2. The van der Waals surface area contributed by atoms with Crippen molar-refractivity contribution in [3.05, 3.63) is 41.1 Å². The fourth-order valence-electron chi connectivity index (χ4n) is 3.64.